The molecular weight excluding hydrogens is 336 g/mol. The number of hydrogen-bond donors (Lipinski definition) is 2. The summed E-state index contributed by atoms with van der Waals surface area (Å²) in [5.74, 6) is -0.878. The molecule has 1 heterocycles. The largest absolute Gasteiger partial charge is 0.468 e. The number of ether oxygens (including phenoxy) is 1. The molecule has 1 aromatic rings. The van der Waals surface area contributed by atoms with Crippen LogP contribution in [-0.2, 0) is 24.3 Å². The fourth-order valence-corrected chi connectivity index (χ4v) is 3.69. The Balaban J connectivity index is 2.20. The molecule has 1 aromatic carbocycles. The van der Waals surface area contributed by atoms with Crippen LogP contribution < -0.4 is 9.62 Å². The van der Waals surface area contributed by atoms with E-state index in [-0.39, 0.29) is 10.8 Å². The number of nitrogens with one attached hydrogen (secondary N) is 1. The molecule has 2 rings (SSSR count). The van der Waals surface area contributed by atoms with Gasteiger partial charge in [-0.05, 0) is 37.6 Å². The number of carbonyl (C=O) groups excluding carboxylic acids is 2. The molecule has 0 bridgehead atoms. The second-order valence-electron chi connectivity index (χ2n) is 5.51. The molecular formula is C15H20N2O6S. The van der Waals surface area contributed by atoms with Gasteiger partial charge < -0.3 is 14.7 Å². The quantitative estimate of drug-likeness (QED) is 0.695. The maximum Gasteiger partial charge on any atom is 0.326 e. The fraction of sp³-hybridized carbons (Fsp3) is 0.467. The first kappa shape index (κ1) is 18.4. The van der Waals surface area contributed by atoms with Crippen molar-refractivity contribution in [3.05, 3.63) is 24.3 Å². The number of nitrogens with zero attached hydrogens (tertiary/aromatic N) is 1. The van der Waals surface area contributed by atoms with Gasteiger partial charge in [0.15, 0.2) is 0 Å². The van der Waals surface area contributed by atoms with Crippen molar-refractivity contribution in [1.29, 1.82) is 0 Å². The average Bonchev–Trinajstić information content (AvgIpc) is 2.98. The first-order chi connectivity index (χ1) is 11.3. The fourth-order valence-electron chi connectivity index (χ4n) is 2.43. The summed E-state index contributed by atoms with van der Waals surface area (Å²) in [5.41, 5.74) is 0.622. The summed E-state index contributed by atoms with van der Waals surface area (Å²) in [7, 11) is -2.92. The zero-order valence-corrected chi connectivity index (χ0v) is 14.2. The third-order valence-electron chi connectivity index (χ3n) is 3.75. The predicted octanol–water partition coefficient (Wildman–Crippen LogP) is 0.0141. The Morgan fingerprint density at radius 1 is 1.33 bits per heavy atom. The van der Waals surface area contributed by atoms with Crippen LogP contribution >= 0.6 is 0 Å². The monoisotopic (exact) mass is 356 g/mol. The van der Waals surface area contributed by atoms with Crippen molar-refractivity contribution in [1.82, 2.24) is 4.72 Å². The summed E-state index contributed by atoms with van der Waals surface area (Å²) >= 11 is 0. The van der Waals surface area contributed by atoms with Gasteiger partial charge in [-0.25, -0.2) is 8.42 Å². The van der Waals surface area contributed by atoms with Gasteiger partial charge in [0.05, 0.1) is 18.1 Å². The van der Waals surface area contributed by atoms with Crippen LogP contribution in [0, 0.1) is 0 Å². The summed E-state index contributed by atoms with van der Waals surface area (Å²) in [4.78, 5) is 24.8. The normalized spacial score (nSPS) is 17.6. The molecule has 24 heavy (non-hydrogen) atoms. The van der Waals surface area contributed by atoms with Gasteiger partial charge in [0.25, 0.3) is 0 Å². The second-order valence-corrected chi connectivity index (χ2v) is 7.22. The zero-order chi connectivity index (χ0) is 17.9. The number of hydrogen-bond acceptors (Lipinski definition) is 6. The standard InChI is InChI=1S/C15H20N2O6S/c1-10(18)14(15(20)23-2)16-24(21,22)12-7-5-11(6-8-12)17-9-3-4-13(17)19/h5-8,10,14,16,18H,3-4,9H2,1-2H3/t10-,14-/m1/s1. The number of benzene rings is 1. The first-order valence-corrected chi connectivity index (χ1v) is 8.93. The minimum absolute atomic E-state index is 0.00333. The van der Waals surface area contributed by atoms with E-state index in [4.69, 9.17) is 0 Å². The van der Waals surface area contributed by atoms with Gasteiger partial charge in [0, 0.05) is 18.7 Å². The summed E-state index contributed by atoms with van der Waals surface area (Å²) in [6.45, 7) is 1.89. The molecule has 0 aliphatic carbocycles. The lowest BCUT2D eigenvalue weighted by Crippen LogP contribution is -2.48. The molecule has 1 amide bonds. The van der Waals surface area contributed by atoms with E-state index >= 15 is 0 Å². The number of sulfonamides is 1. The Morgan fingerprint density at radius 2 is 1.96 bits per heavy atom. The van der Waals surface area contributed by atoms with E-state index in [1.54, 1.807) is 4.90 Å². The molecule has 2 atom stereocenters. The highest BCUT2D eigenvalue weighted by molar-refractivity contribution is 7.89. The van der Waals surface area contributed by atoms with Gasteiger partial charge in [0.1, 0.15) is 6.04 Å². The van der Waals surface area contributed by atoms with Crippen molar-refractivity contribution < 1.29 is 27.9 Å². The lowest BCUT2D eigenvalue weighted by Gasteiger charge is -2.19. The van der Waals surface area contributed by atoms with Gasteiger partial charge in [-0.2, -0.15) is 4.72 Å². The van der Waals surface area contributed by atoms with E-state index in [2.05, 4.69) is 9.46 Å². The number of amides is 1. The van der Waals surface area contributed by atoms with Crippen LogP contribution in [0.2, 0.25) is 0 Å². The number of methoxy groups -OCH3 is 1. The molecule has 0 aromatic heterocycles. The molecule has 1 saturated heterocycles. The molecule has 1 aliphatic heterocycles. The van der Waals surface area contributed by atoms with E-state index in [1.807, 2.05) is 0 Å². The van der Waals surface area contributed by atoms with E-state index in [0.717, 1.165) is 13.5 Å². The van der Waals surface area contributed by atoms with Crippen molar-refractivity contribution in [2.75, 3.05) is 18.6 Å². The molecule has 2 N–H and O–H groups in total. The topological polar surface area (TPSA) is 113 Å². The lowest BCUT2D eigenvalue weighted by molar-refractivity contribution is -0.145. The van der Waals surface area contributed by atoms with Gasteiger partial charge in [-0.3, -0.25) is 9.59 Å². The molecule has 0 spiro atoms. The van der Waals surface area contributed by atoms with Crippen LogP contribution in [0.15, 0.2) is 29.2 Å². The Kier molecular flexibility index (Phi) is 5.58. The average molecular weight is 356 g/mol. The number of carbonyl (C=O) groups is 2. The van der Waals surface area contributed by atoms with Crippen molar-refractivity contribution in [3.63, 3.8) is 0 Å². The molecule has 0 radical (unpaired) electrons. The van der Waals surface area contributed by atoms with Crippen LogP contribution in [-0.4, -0.2) is 51.2 Å². The molecule has 1 fully saturated rings. The van der Waals surface area contributed by atoms with Crippen molar-refractivity contribution in [3.8, 4) is 0 Å². The summed E-state index contributed by atoms with van der Waals surface area (Å²) in [6.07, 6.45) is 0.000574. The van der Waals surface area contributed by atoms with Crippen LogP contribution in [0.5, 0.6) is 0 Å². The SMILES string of the molecule is COC(=O)[C@H](NS(=O)(=O)c1ccc(N2CCCC2=O)cc1)[C@@H](C)O. The van der Waals surface area contributed by atoms with Crippen LogP contribution in [0.1, 0.15) is 19.8 Å². The van der Waals surface area contributed by atoms with E-state index in [9.17, 15) is 23.1 Å². The van der Waals surface area contributed by atoms with Crippen LogP contribution in [0.4, 0.5) is 5.69 Å². The Bertz CT molecular complexity index is 714. The molecule has 0 unspecified atom stereocenters. The second kappa shape index (κ2) is 7.29. The van der Waals surface area contributed by atoms with Gasteiger partial charge in [0.2, 0.25) is 15.9 Å². The highest BCUT2D eigenvalue weighted by Gasteiger charge is 2.30. The Hall–Kier alpha value is -1.97. The number of aliphatic hydroxyl groups excluding tert-OH is 1. The first-order valence-electron chi connectivity index (χ1n) is 7.45. The van der Waals surface area contributed by atoms with Crippen LogP contribution in [0.3, 0.4) is 0 Å². The van der Waals surface area contributed by atoms with Gasteiger partial charge in [-0.15, -0.1) is 0 Å². The van der Waals surface area contributed by atoms with Crippen molar-refractivity contribution in [2.24, 2.45) is 0 Å². The minimum Gasteiger partial charge on any atom is -0.468 e. The molecule has 1 aliphatic rings. The summed E-state index contributed by atoms with van der Waals surface area (Å²) in [6, 6.07) is 4.36. The molecule has 0 saturated carbocycles. The number of esters is 1. The Labute approximate surface area is 140 Å². The predicted molar refractivity (Wildman–Crippen MR) is 85.8 cm³/mol. The highest BCUT2D eigenvalue weighted by Crippen LogP contribution is 2.23. The summed E-state index contributed by atoms with van der Waals surface area (Å²) < 4.78 is 31.3. The molecule has 8 nitrogen and oxygen atoms in total. The number of anilines is 1. The molecule has 132 valence electrons. The maximum atomic E-state index is 12.4. The number of aliphatic hydroxyl groups is 1. The molecule has 9 heteroatoms. The maximum absolute atomic E-state index is 12.4. The van der Waals surface area contributed by atoms with Gasteiger partial charge in [-0.1, -0.05) is 0 Å². The Morgan fingerprint density at radius 3 is 2.42 bits per heavy atom. The van der Waals surface area contributed by atoms with E-state index in [0.29, 0.717) is 18.7 Å². The third-order valence-corrected chi connectivity index (χ3v) is 5.21. The minimum atomic E-state index is -4.03. The van der Waals surface area contributed by atoms with Crippen molar-refractivity contribution >= 4 is 27.6 Å². The van der Waals surface area contributed by atoms with Crippen LogP contribution in [0.25, 0.3) is 0 Å². The summed E-state index contributed by atoms with van der Waals surface area (Å²) in [5, 5.41) is 9.57. The van der Waals surface area contributed by atoms with E-state index < -0.39 is 28.1 Å². The zero-order valence-electron chi connectivity index (χ0n) is 13.4. The number of rotatable bonds is 6. The highest BCUT2D eigenvalue weighted by atomic mass is 32.2. The third kappa shape index (κ3) is 3.92. The lowest BCUT2D eigenvalue weighted by atomic mass is 10.2. The smallest absolute Gasteiger partial charge is 0.326 e. The van der Waals surface area contributed by atoms with E-state index in [1.165, 1.54) is 31.2 Å². The van der Waals surface area contributed by atoms with Gasteiger partial charge >= 0.3 is 5.97 Å². The van der Waals surface area contributed by atoms with Crippen molar-refractivity contribution in [2.45, 2.75) is 36.8 Å².